The number of methoxy groups -OCH3 is 1. The van der Waals surface area contributed by atoms with Crippen LogP contribution in [0.3, 0.4) is 0 Å². The fraction of sp³-hybridized carbons (Fsp3) is 0.179. The van der Waals surface area contributed by atoms with E-state index >= 15 is 0 Å². The Labute approximate surface area is 209 Å². The van der Waals surface area contributed by atoms with Crippen LogP contribution in [0.2, 0.25) is 0 Å². The number of ether oxygens (including phenoxy) is 1. The molecule has 0 aliphatic heterocycles. The number of carbonyl (C=O) groups excluding carboxylic acids is 2. The Hall–Kier alpha value is -4.46. The van der Waals surface area contributed by atoms with Crippen molar-refractivity contribution in [3.63, 3.8) is 0 Å². The molecule has 0 atom stereocenters. The zero-order chi connectivity index (χ0) is 25.5. The van der Waals surface area contributed by atoms with E-state index in [1.165, 1.54) is 17.0 Å². The maximum atomic E-state index is 13.5. The minimum Gasteiger partial charge on any atom is -0.497 e. The Balaban J connectivity index is 1.58. The topological polar surface area (TPSA) is 76.5 Å². The molecule has 1 N–H and O–H groups in total. The highest BCUT2D eigenvalue weighted by molar-refractivity contribution is 5.99. The zero-order valence-electron chi connectivity index (χ0n) is 20.1. The van der Waals surface area contributed by atoms with Crippen molar-refractivity contribution in [2.45, 2.75) is 13.3 Å². The highest BCUT2D eigenvalue weighted by atomic mass is 19.1. The van der Waals surface area contributed by atoms with Gasteiger partial charge in [0.15, 0.2) is 0 Å². The normalized spacial score (nSPS) is 10.6. The molecule has 4 rings (SSSR count). The molecule has 1 heterocycles. The first-order valence-electron chi connectivity index (χ1n) is 11.6. The average Bonchev–Trinajstić information content (AvgIpc) is 3.32. The van der Waals surface area contributed by atoms with Gasteiger partial charge in [-0.15, -0.1) is 0 Å². The van der Waals surface area contributed by atoms with E-state index < -0.39 is 0 Å². The lowest BCUT2D eigenvalue weighted by Gasteiger charge is -2.22. The number of hydrogen-bond acceptors (Lipinski definition) is 4. The van der Waals surface area contributed by atoms with Gasteiger partial charge in [-0.1, -0.05) is 37.3 Å². The monoisotopic (exact) mass is 486 g/mol. The molecule has 0 fully saturated rings. The van der Waals surface area contributed by atoms with Gasteiger partial charge in [0.25, 0.3) is 5.91 Å². The molecule has 0 saturated carbocycles. The van der Waals surface area contributed by atoms with Crippen LogP contribution in [0.15, 0.2) is 84.9 Å². The smallest absolute Gasteiger partial charge is 0.254 e. The van der Waals surface area contributed by atoms with Crippen molar-refractivity contribution >= 4 is 17.6 Å². The molecular formula is C28H27FN4O3. The van der Waals surface area contributed by atoms with E-state index in [1.54, 1.807) is 54.3 Å². The van der Waals surface area contributed by atoms with E-state index in [4.69, 9.17) is 4.74 Å². The van der Waals surface area contributed by atoms with E-state index in [0.717, 1.165) is 5.56 Å². The van der Waals surface area contributed by atoms with Crippen LogP contribution in [-0.4, -0.2) is 46.7 Å². The molecule has 0 unspecified atom stereocenters. The van der Waals surface area contributed by atoms with Crippen LogP contribution in [-0.2, 0) is 4.79 Å². The molecule has 0 radical (unpaired) electrons. The van der Waals surface area contributed by atoms with E-state index in [2.05, 4.69) is 10.4 Å². The SMILES string of the molecule is CCCN(CC(=O)Nc1cc(-c2ccccc2)nn1-c1ccc(F)cc1)C(=O)c1ccc(OC)cc1. The molecule has 36 heavy (non-hydrogen) atoms. The van der Waals surface area contributed by atoms with Gasteiger partial charge in [-0.3, -0.25) is 9.59 Å². The minimum absolute atomic E-state index is 0.131. The third kappa shape index (κ3) is 5.78. The first-order chi connectivity index (χ1) is 17.5. The van der Waals surface area contributed by atoms with Gasteiger partial charge in [0, 0.05) is 23.7 Å². The second-order valence-corrected chi connectivity index (χ2v) is 8.17. The predicted octanol–water partition coefficient (Wildman–Crippen LogP) is 5.18. The van der Waals surface area contributed by atoms with Crippen LogP contribution in [0.4, 0.5) is 10.2 Å². The van der Waals surface area contributed by atoms with Gasteiger partial charge < -0.3 is 15.0 Å². The third-order valence-corrected chi connectivity index (χ3v) is 5.57. The summed E-state index contributed by atoms with van der Waals surface area (Å²) in [5, 5.41) is 7.52. The Bertz CT molecular complexity index is 1320. The Kier molecular flexibility index (Phi) is 7.75. The highest BCUT2D eigenvalue weighted by Crippen LogP contribution is 2.25. The predicted molar refractivity (Wildman–Crippen MR) is 137 cm³/mol. The molecule has 3 aromatic carbocycles. The molecule has 4 aromatic rings. The minimum atomic E-state index is -0.368. The standard InChI is InChI=1S/C28H27FN4O3/c1-3-17-32(28(35)21-9-15-24(36-2)16-10-21)19-27(34)30-26-18-25(20-7-5-4-6-8-20)31-33(26)23-13-11-22(29)12-14-23/h4-16,18H,3,17,19H2,1-2H3,(H,30,34). The molecule has 8 heteroatoms. The number of hydrogen-bond donors (Lipinski definition) is 1. The first kappa shape index (κ1) is 24.7. The van der Waals surface area contributed by atoms with Crippen molar-refractivity contribution in [3.05, 3.63) is 96.3 Å². The molecule has 184 valence electrons. The number of aromatic nitrogens is 2. The summed E-state index contributed by atoms with van der Waals surface area (Å²) >= 11 is 0. The fourth-order valence-electron chi connectivity index (χ4n) is 3.79. The highest BCUT2D eigenvalue weighted by Gasteiger charge is 2.20. The molecular weight excluding hydrogens is 459 g/mol. The number of rotatable bonds is 9. The van der Waals surface area contributed by atoms with Gasteiger partial charge in [-0.2, -0.15) is 5.10 Å². The molecule has 2 amide bonds. The van der Waals surface area contributed by atoms with E-state index in [1.807, 2.05) is 37.3 Å². The van der Waals surface area contributed by atoms with E-state index in [0.29, 0.717) is 41.5 Å². The van der Waals surface area contributed by atoms with Crippen molar-refractivity contribution in [2.24, 2.45) is 0 Å². The summed E-state index contributed by atoms with van der Waals surface area (Å²) in [5.74, 6) is 0.0836. The summed E-state index contributed by atoms with van der Waals surface area (Å²) in [6.07, 6.45) is 0.695. The van der Waals surface area contributed by atoms with Crippen molar-refractivity contribution < 1.29 is 18.7 Å². The summed E-state index contributed by atoms with van der Waals surface area (Å²) in [4.78, 5) is 27.7. The Morgan fingerprint density at radius 2 is 1.69 bits per heavy atom. The van der Waals surface area contributed by atoms with Crippen LogP contribution >= 0.6 is 0 Å². The quantitative estimate of drug-likeness (QED) is 0.354. The van der Waals surface area contributed by atoms with Gasteiger partial charge >= 0.3 is 0 Å². The Morgan fingerprint density at radius 1 is 1.00 bits per heavy atom. The number of halogens is 1. The lowest BCUT2D eigenvalue weighted by Crippen LogP contribution is -2.38. The van der Waals surface area contributed by atoms with E-state index in [-0.39, 0.29) is 24.2 Å². The molecule has 0 aliphatic carbocycles. The van der Waals surface area contributed by atoms with Gasteiger partial charge in [0.2, 0.25) is 5.91 Å². The molecule has 7 nitrogen and oxygen atoms in total. The number of nitrogens with one attached hydrogen (secondary N) is 1. The number of benzene rings is 3. The van der Waals surface area contributed by atoms with Crippen LogP contribution in [0.1, 0.15) is 23.7 Å². The second kappa shape index (κ2) is 11.3. The first-order valence-corrected chi connectivity index (χ1v) is 11.6. The Morgan fingerprint density at radius 3 is 2.33 bits per heavy atom. The van der Waals surface area contributed by atoms with Crippen molar-refractivity contribution in [2.75, 3.05) is 25.5 Å². The number of carbonyl (C=O) groups is 2. The lowest BCUT2D eigenvalue weighted by molar-refractivity contribution is -0.116. The molecule has 0 spiro atoms. The summed E-state index contributed by atoms with van der Waals surface area (Å²) in [6, 6.07) is 23.9. The lowest BCUT2D eigenvalue weighted by atomic mass is 10.1. The molecule has 0 bridgehead atoms. The number of anilines is 1. The summed E-state index contributed by atoms with van der Waals surface area (Å²) in [7, 11) is 1.56. The third-order valence-electron chi connectivity index (χ3n) is 5.57. The summed E-state index contributed by atoms with van der Waals surface area (Å²) in [6.45, 7) is 2.24. The van der Waals surface area contributed by atoms with Crippen LogP contribution in [0, 0.1) is 5.82 Å². The van der Waals surface area contributed by atoms with Crippen molar-refractivity contribution in [1.82, 2.24) is 14.7 Å². The molecule has 0 aliphatic rings. The molecule has 1 aromatic heterocycles. The second-order valence-electron chi connectivity index (χ2n) is 8.17. The molecule has 0 saturated heterocycles. The maximum absolute atomic E-state index is 13.5. The van der Waals surface area contributed by atoms with Gasteiger partial charge in [-0.25, -0.2) is 9.07 Å². The largest absolute Gasteiger partial charge is 0.497 e. The van der Waals surface area contributed by atoms with Crippen molar-refractivity contribution in [3.8, 4) is 22.7 Å². The van der Waals surface area contributed by atoms with Gasteiger partial charge in [0.1, 0.15) is 23.9 Å². The maximum Gasteiger partial charge on any atom is 0.254 e. The zero-order valence-corrected chi connectivity index (χ0v) is 20.1. The summed E-state index contributed by atoms with van der Waals surface area (Å²) < 4.78 is 20.2. The van der Waals surface area contributed by atoms with Crippen molar-refractivity contribution in [1.29, 1.82) is 0 Å². The van der Waals surface area contributed by atoms with Gasteiger partial charge in [-0.05, 0) is 55.0 Å². The van der Waals surface area contributed by atoms with Crippen LogP contribution in [0.5, 0.6) is 5.75 Å². The van der Waals surface area contributed by atoms with Crippen LogP contribution < -0.4 is 10.1 Å². The van der Waals surface area contributed by atoms with Gasteiger partial charge in [0.05, 0.1) is 18.5 Å². The number of amides is 2. The summed E-state index contributed by atoms with van der Waals surface area (Å²) in [5.41, 5.74) is 2.58. The average molecular weight is 487 g/mol. The fourth-order valence-corrected chi connectivity index (χ4v) is 3.79. The van der Waals surface area contributed by atoms with Crippen LogP contribution in [0.25, 0.3) is 16.9 Å². The number of nitrogens with zero attached hydrogens (tertiary/aromatic N) is 3. The van der Waals surface area contributed by atoms with E-state index in [9.17, 15) is 14.0 Å².